The molecule has 0 radical (unpaired) electrons. The molecule has 2 aromatic heterocycles. The number of amides is 3. The fourth-order valence-corrected chi connectivity index (χ4v) is 2.94. The SMILES string of the molecule is C[C@H](NC(=O)N1CCN(c2ncccn2)CC1)C(=O)Nc1nccs1. The van der Waals surface area contributed by atoms with Crippen molar-refractivity contribution in [3.63, 3.8) is 0 Å². The minimum absolute atomic E-state index is 0.254. The third kappa shape index (κ3) is 4.41. The van der Waals surface area contributed by atoms with Crippen molar-refractivity contribution in [2.75, 3.05) is 36.4 Å². The average Bonchev–Trinajstić information content (AvgIpc) is 3.15. The summed E-state index contributed by atoms with van der Waals surface area (Å²) in [6, 6.07) is 0.869. The molecule has 10 heteroatoms. The largest absolute Gasteiger partial charge is 0.337 e. The predicted molar refractivity (Wildman–Crippen MR) is 94.6 cm³/mol. The van der Waals surface area contributed by atoms with Crippen molar-refractivity contribution in [3.8, 4) is 0 Å². The van der Waals surface area contributed by atoms with Gasteiger partial charge in [0.05, 0.1) is 0 Å². The number of piperazine rings is 1. The van der Waals surface area contributed by atoms with E-state index in [1.807, 2.05) is 4.90 Å². The first-order valence-corrected chi connectivity index (χ1v) is 8.79. The van der Waals surface area contributed by atoms with Gasteiger partial charge in [0, 0.05) is 50.1 Å². The predicted octanol–water partition coefficient (Wildman–Crippen LogP) is 0.792. The van der Waals surface area contributed by atoms with Crippen molar-refractivity contribution >= 4 is 34.4 Å². The van der Waals surface area contributed by atoms with Gasteiger partial charge in [-0.05, 0) is 13.0 Å². The summed E-state index contributed by atoms with van der Waals surface area (Å²) in [7, 11) is 0. The number of thiazole rings is 1. The minimum atomic E-state index is -0.646. The maximum absolute atomic E-state index is 12.3. The van der Waals surface area contributed by atoms with Crippen LogP contribution in [-0.4, -0.2) is 64.0 Å². The molecule has 132 valence electrons. The van der Waals surface area contributed by atoms with Gasteiger partial charge in [-0.3, -0.25) is 4.79 Å². The molecule has 3 rings (SSSR count). The second kappa shape index (κ2) is 7.88. The average molecular weight is 361 g/mol. The lowest BCUT2D eigenvalue weighted by atomic mass is 10.3. The summed E-state index contributed by atoms with van der Waals surface area (Å²) in [5.41, 5.74) is 0. The Morgan fingerprint density at radius 1 is 1.12 bits per heavy atom. The Labute approximate surface area is 149 Å². The molecule has 0 unspecified atom stereocenters. The summed E-state index contributed by atoms with van der Waals surface area (Å²) in [6.45, 7) is 4.04. The van der Waals surface area contributed by atoms with Gasteiger partial charge in [0.1, 0.15) is 6.04 Å². The highest BCUT2D eigenvalue weighted by molar-refractivity contribution is 7.13. The van der Waals surface area contributed by atoms with Crippen LogP contribution in [0.1, 0.15) is 6.92 Å². The van der Waals surface area contributed by atoms with Crippen molar-refractivity contribution in [1.29, 1.82) is 0 Å². The number of hydrogen-bond acceptors (Lipinski definition) is 7. The van der Waals surface area contributed by atoms with Gasteiger partial charge in [0.2, 0.25) is 11.9 Å². The molecular weight excluding hydrogens is 342 g/mol. The van der Waals surface area contributed by atoms with E-state index in [0.29, 0.717) is 37.3 Å². The highest BCUT2D eigenvalue weighted by Gasteiger charge is 2.25. The van der Waals surface area contributed by atoms with E-state index >= 15 is 0 Å². The summed E-state index contributed by atoms with van der Waals surface area (Å²) in [5, 5.41) is 7.68. The van der Waals surface area contributed by atoms with E-state index in [0.717, 1.165) is 0 Å². The molecule has 0 spiro atoms. The Morgan fingerprint density at radius 3 is 2.48 bits per heavy atom. The number of nitrogens with zero attached hydrogens (tertiary/aromatic N) is 5. The molecule has 3 amide bonds. The lowest BCUT2D eigenvalue weighted by molar-refractivity contribution is -0.117. The van der Waals surface area contributed by atoms with Crippen molar-refractivity contribution in [2.45, 2.75) is 13.0 Å². The van der Waals surface area contributed by atoms with Crippen LogP contribution >= 0.6 is 11.3 Å². The highest BCUT2D eigenvalue weighted by atomic mass is 32.1. The summed E-state index contributed by atoms with van der Waals surface area (Å²) < 4.78 is 0. The second-order valence-electron chi connectivity index (χ2n) is 5.52. The molecule has 0 aromatic carbocycles. The molecule has 2 N–H and O–H groups in total. The Kier molecular flexibility index (Phi) is 5.39. The van der Waals surface area contributed by atoms with Crippen molar-refractivity contribution in [2.24, 2.45) is 0 Å². The number of carbonyl (C=O) groups is 2. The second-order valence-corrected chi connectivity index (χ2v) is 6.42. The first-order chi connectivity index (χ1) is 12.1. The van der Waals surface area contributed by atoms with E-state index in [1.54, 1.807) is 41.9 Å². The first kappa shape index (κ1) is 17.1. The van der Waals surface area contributed by atoms with Crippen molar-refractivity contribution in [3.05, 3.63) is 30.0 Å². The first-order valence-electron chi connectivity index (χ1n) is 7.91. The van der Waals surface area contributed by atoms with Gasteiger partial charge in [0.15, 0.2) is 5.13 Å². The van der Waals surface area contributed by atoms with Crippen LogP contribution in [0.4, 0.5) is 15.9 Å². The lowest BCUT2D eigenvalue weighted by Crippen LogP contribution is -2.55. The number of aromatic nitrogens is 3. The van der Waals surface area contributed by atoms with E-state index in [4.69, 9.17) is 0 Å². The number of rotatable bonds is 4. The Morgan fingerprint density at radius 2 is 1.84 bits per heavy atom. The van der Waals surface area contributed by atoms with Crippen LogP contribution in [0.5, 0.6) is 0 Å². The number of hydrogen-bond donors (Lipinski definition) is 2. The van der Waals surface area contributed by atoms with Gasteiger partial charge in [0.25, 0.3) is 0 Å². The van der Waals surface area contributed by atoms with E-state index in [2.05, 4.69) is 25.6 Å². The molecule has 0 saturated carbocycles. The highest BCUT2D eigenvalue weighted by Crippen LogP contribution is 2.11. The molecule has 0 aliphatic carbocycles. The van der Waals surface area contributed by atoms with E-state index in [-0.39, 0.29) is 11.9 Å². The molecule has 1 saturated heterocycles. The van der Waals surface area contributed by atoms with Crippen molar-refractivity contribution in [1.82, 2.24) is 25.2 Å². The van der Waals surface area contributed by atoms with Crippen LogP contribution in [-0.2, 0) is 4.79 Å². The maximum Gasteiger partial charge on any atom is 0.318 e. The molecule has 1 aliphatic heterocycles. The van der Waals surface area contributed by atoms with Gasteiger partial charge in [-0.2, -0.15) is 0 Å². The van der Waals surface area contributed by atoms with Gasteiger partial charge >= 0.3 is 6.03 Å². The Hall–Kier alpha value is -2.75. The zero-order valence-electron chi connectivity index (χ0n) is 13.8. The molecule has 1 aliphatic rings. The zero-order chi connectivity index (χ0) is 17.6. The number of urea groups is 1. The normalized spacial score (nSPS) is 15.6. The summed E-state index contributed by atoms with van der Waals surface area (Å²) in [5.74, 6) is 0.373. The van der Waals surface area contributed by atoms with Gasteiger partial charge in [-0.15, -0.1) is 11.3 Å². The Bertz CT molecular complexity index is 702. The molecule has 25 heavy (non-hydrogen) atoms. The molecular formula is C15H19N7O2S. The van der Waals surface area contributed by atoms with Gasteiger partial charge in [-0.1, -0.05) is 0 Å². The molecule has 9 nitrogen and oxygen atoms in total. The number of anilines is 2. The van der Waals surface area contributed by atoms with Crippen LogP contribution < -0.4 is 15.5 Å². The molecule has 1 fully saturated rings. The quantitative estimate of drug-likeness (QED) is 0.835. The summed E-state index contributed by atoms with van der Waals surface area (Å²) >= 11 is 1.33. The standard InChI is InChI=1S/C15H19N7O2S/c1-11(12(23)20-14-18-5-10-25-14)19-15(24)22-8-6-21(7-9-22)13-16-3-2-4-17-13/h2-5,10-11H,6-9H2,1H3,(H,19,24)(H,18,20,23)/t11-/m0/s1. The molecule has 1 atom stereocenters. The van der Waals surface area contributed by atoms with Crippen molar-refractivity contribution < 1.29 is 9.59 Å². The smallest absolute Gasteiger partial charge is 0.318 e. The van der Waals surface area contributed by atoms with E-state index in [1.165, 1.54) is 11.3 Å². The maximum atomic E-state index is 12.3. The van der Waals surface area contributed by atoms with Crippen LogP contribution in [0.25, 0.3) is 0 Å². The van der Waals surface area contributed by atoms with Crippen LogP contribution in [0.3, 0.4) is 0 Å². The van der Waals surface area contributed by atoms with Gasteiger partial charge in [-0.25, -0.2) is 19.7 Å². The topological polar surface area (TPSA) is 103 Å². The third-order valence-corrected chi connectivity index (χ3v) is 4.49. The fraction of sp³-hybridized carbons (Fsp3) is 0.400. The van der Waals surface area contributed by atoms with E-state index < -0.39 is 6.04 Å². The summed E-state index contributed by atoms with van der Waals surface area (Å²) in [6.07, 6.45) is 5.01. The van der Waals surface area contributed by atoms with Crippen LogP contribution in [0.15, 0.2) is 30.0 Å². The third-order valence-electron chi connectivity index (χ3n) is 3.80. The lowest BCUT2D eigenvalue weighted by Gasteiger charge is -2.35. The van der Waals surface area contributed by atoms with Gasteiger partial charge < -0.3 is 20.4 Å². The fourth-order valence-electron chi connectivity index (χ4n) is 2.40. The zero-order valence-corrected chi connectivity index (χ0v) is 14.6. The number of carbonyl (C=O) groups excluding carboxylic acids is 2. The minimum Gasteiger partial charge on any atom is -0.337 e. The Balaban J connectivity index is 1.46. The molecule has 3 heterocycles. The summed E-state index contributed by atoms with van der Waals surface area (Å²) in [4.78, 5) is 40.5. The van der Waals surface area contributed by atoms with Crippen LogP contribution in [0.2, 0.25) is 0 Å². The van der Waals surface area contributed by atoms with E-state index in [9.17, 15) is 9.59 Å². The molecule has 2 aromatic rings. The number of nitrogens with one attached hydrogen (secondary N) is 2. The monoisotopic (exact) mass is 361 g/mol. The molecule has 0 bridgehead atoms. The van der Waals surface area contributed by atoms with Crippen LogP contribution in [0, 0.1) is 0 Å².